The lowest BCUT2D eigenvalue weighted by Gasteiger charge is -2.13. The Kier molecular flexibility index (Phi) is 4.18. The van der Waals surface area contributed by atoms with Crippen LogP contribution < -0.4 is 31.5 Å². The molecule has 2 aromatic carbocycles. The molecule has 0 amide bonds. The van der Waals surface area contributed by atoms with E-state index in [-0.39, 0.29) is 5.82 Å². The number of hydrazine groups is 2. The van der Waals surface area contributed by atoms with Gasteiger partial charge < -0.3 is 20.7 Å². The maximum Gasteiger partial charge on any atom is 0.229 e. The highest BCUT2D eigenvalue weighted by Crippen LogP contribution is 2.30. The molecule has 0 unspecified atom stereocenters. The molecule has 5 rings (SSSR count). The van der Waals surface area contributed by atoms with E-state index in [1.165, 1.54) is 11.8 Å². The number of halogens is 1. The van der Waals surface area contributed by atoms with Crippen LogP contribution in [0.15, 0.2) is 42.6 Å². The molecule has 3 aromatic rings. The molecule has 2 aliphatic rings. The van der Waals surface area contributed by atoms with Crippen LogP contribution in [0.4, 0.5) is 38.9 Å². The van der Waals surface area contributed by atoms with Crippen molar-refractivity contribution in [3.63, 3.8) is 0 Å². The molecule has 4 N–H and O–H groups in total. The normalized spacial score (nSPS) is 14.7. The molecule has 2 aliphatic heterocycles. The van der Waals surface area contributed by atoms with Gasteiger partial charge in [0.25, 0.3) is 0 Å². The third-order valence-corrected chi connectivity index (χ3v) is 5.16. The van der Waals surface area contributed by atoms with Crippen LogP contribution in [0.1, 0.15) is 11.1 Å². The Morgan fingerprint density at radius 3 is 2.10 bits per heavy atom. The van der Waals surface area contributed by atoms with Crippen molar-refractivity contribution in [3.8, 4) is 0 Å². The second-order valence-corrected chi connectivity index (χ2v) is 7.11. The summed E-state index contributed by atoms with van der Waals surface area (Å²) in [6.45, 7) is 1.50. The summed E-state index contributed by atoms with van der Waals surface area (Å²) in [6, 6.07) is 11.9. The zero-order chi connectivity index (χ0) is 20.0. The smallest absolute Gasteiger partial charge is 0.229 e. The summed E-state index contributed by atoms with van der Waals surface area (Å²) in [6.07, 6.45) is 1.17. The third kappa shape index (κ3) is 3.30. The second-order valence-electron chi connectivity index (χ2n) is 7.11. The molecule has 0 spiro atoms. The highest BCUT2D eigenvalue weighted by atomic mass is 19.1. The van der Waals surface area contributed by atoms with E-state index in [0.717, 1.165) is 41.4 Å². The van der Waals surface area contributed by atoms with Crippen molar-refractivity contribution in [2.75, 3.05) is 34.7 Å². The second kappa shape index (κ2) is 6.87. The zero-order valence-electron chi connectivity index (χ0n) is 16.1. The van der Waals surface area contributed by atoms with Gasteiger partial charge in [-0.05, 0) is 47.5 Å². The highest BCUT2D eigenvalue weighted by Gasteiger charge is 2.17. The third-order valence-electron chi connectivity index (χ3n) is 5.16. The van der Waals surface area contributed by atoms with Crippen molar-refractivity contribution in [1.29, 1.82) is 0 Å². The Morgan fingerprint density at radius 2 is 1.48 bits per heavy atom. The van der Waals surface area contributed by atoms with Crippen LogP contribution in [0, 0.1) is 5.82 Å². The maximum atomic E-state index is 14.3. The minimum absolute atomic E-state index is 0.129. The molecule has 0 fully saturated rings. The molecule has 0 atom stereocenters. The van der Waals surface area contributed by atoms with Gasteiger partial charge in [-0.3, -0.25) is 0 Å². The van der Waals surface area contributed by atoms with Gasteiger partial charge in [0.1, 0.15) is 0 Å². The lowest BCUT2D eigenvalue weighted by atomic mass is 10.1. The number of hydrogen-bond acceptors (Lipinski definition) is 8. The minimum Gasteiger partial charge on any atom is -0.338 e. The van der Waals surface area contributed by atoms with Crippen LogP contribution in [0.25, 0.3) is 0 Å². The summed E-state index contributed by atoms with van der Waals surface area (Å²) in [4.78, 5) is 8.39. The summed E-state index contributed by atoms with van der Waals surface area (Å²) >= 11 is 0. The molecule has 1 aromatic heterocycles. The topological polar surface area (TPSA) is 80.4 Å². The predicted octanol–water partition coefficient (Wildman–Crippen LogP) is 3.01. The Labute approximate surface area is 167 Å². The maximum absolute atomic E-state index is 14.3. The first kappa shape index (κ1) is 17.7. The number of fused-ring (bicyclic) bond motifs is 2. The van der Waals surface area contributed by atoms with Gasteiger partial charge in [-0.15, -0.1) is 0 Å². The molecule has 8 nitrogen and oxygen atoms in total. The summed E-state index contributed by atoms with van der Waals surface area (Å²) in [5, 5.41) is 10.2. The van der Waals surface area contributed by atoms with Crippen LogP contribution in [-0.2, 0) is 13.1 Å². The summed E-state index contributed by atoms with van der Waals surface area (Å²) in [5.41, 5.74) is 12.7. The minimum atomic E-state index is -0.508. The highest BCUT2D eigenvalue weighted by molar-refractivity contribution is 5.68. The number of nitrogens with one attached hydrogen (secondary N) is 4. The molecule has 148 valence electrons. The number of rotatable bonds is 4. The van der Waals surface area contributed by atoms with Crippen molar-refractivity contribution in [2.24, 2.45) is 0 Å². The van der Waals surface area contributed by atoms with Crippen molar-refractivity contribution in [2.45, 2.75) is 13.1 Å². The van der Waals surface area contributed by atoms with Crippen molar-refractivity contribution >= 4 is 34.5 Å². The number of anilines is 6. The Hall–Kier alpha value is -3.43. The molecule has 3 heterocycles. The standard InChI is InChI=1S/C20H21FN8/c1-28-17-5-3-14(7-12(17)9-23-28)25-19-16(21)11-22-20(27-19)26-15-4-6-18-13(8-15)10-24-29(18)2/h3-8,11,23-24H,9-10H2,1-2H3,(H2,22,25,26,27). The molecule has 9 heteroatoms. The van der Waals surface area contributed by atoms with Gasteiger partial charge in [0, 0.05) is 38.6 Å². The van der Waals surface area contributed by atoms with Crippen LogP contribution in [0.2, 0.25) is 0 Å². The van der Waals surface area contributed by atoms with Crippen molar-refractivity contribution in [1.82, 2.24) is 20.8 Å². The quantitative estimate of drug-likeness (QED) is 0.540. The SMILES string of the molecule is CN1NCc2cc(Nc3ncc(F)c(Nc4ccc5c(c4)CNN5C)n3)ccc21. The Morgan fingerprint density at radius 1 is 0.897 bits per heavy atom. The zero-order valence-corrected chi connectivity index (χ0v) is 16.1. The summed E-state index contributed by atoms with van der Waals surface area (Å²) in [7, 11) is 3.95. The van der Waals surface area contributed by atoms with Gasteiger partial charge in [0.05, 0.1) is 17.6 Å². The summed E-state index contributed by atoms with van der Waals surface area (Å²) in [5.74, 6) is -0.0499. The van der Waals surface area contributed by atoms with E-state index in [2.05, 4.69) is 31.5 Å². The molecule has 0 radical (unpaired) electrons. The number of nitrogens with zero attached hydrogens (tertiary/aromatic N) is 4. The molecular formula is C20H21FN8. The van der Waals surface area contributed by atoms with Crippen molar-refractivity contribution < 1.29 is 4.39 Å². The van der Waals surface area contributed by atoms with Crippen LogP contribution >= 0.6 is 0 Å². The van der Waals surface area contributed by atoms with Crippen LogP contribution in [-0.4, -0.2) is 24.1 Å². The first-order valence-corrected chi connectivity index (χ1v) is 9.34. The first-order valence-electron chi connectivity index (χ1n) is 9.34. The van der Waals surface area contributed by atoms with E-state index >= 15 is 0 Å². The average molecular weight is 392 g/mol. The average Bonchev–Trinajstić information content (AvgIpc) is 3.27. The fourth-order valence-electron chi connectivity index (χ4n) is 3.62. The van der Waals surface area contributed by atoms with Gasteiger partial charge in [-0.25, -0.2) is 20.2 Å². The number of benzene rings is 2. The molecule has 0 aliphatic carbocycles. The van der Waals surface area contributed by atoms with E-state index in [1.54, 1.807) is 0 Å². The fraction of sp³-hybridized carbons (Fsp3) is 0.200. The number of hydrogen-bond donors (Lipinski definition) is 4. The molecular weight excluding hydrogens is 371 g/mol. The molecule has 0 saturated carbocycles. The van der Waals surface area contributed by atoms with E-state index < -0.39 is 5.82 Å². The first-order chi connectivity index (χ1) is 14.1. The fourth-order valence-corrected chi connectivity index (χ4v) is 3.62. The van der Waals surface area contributed by atoms with Gasteiger partial charge >= 0.3 is 0 Å². The van der Waals surface area contributed by atoms with Gasteiger partial charge in [-0.2, -0.15) is 4.98 Å². The summed E-state index contributed by atoms with van der Waals surface area (Å²) < 4.78 is 14.3. The van der Waals surface area contributed by atoms with Crippen LogP contribution in [0.3, 0.4) is 0 Å². The van der Waals surface area contributed by atoms with E-state index in [4.69, 9.17) is 0 Å². The van der Waals surface area contributed by atoms with E-state index in [0.29, 0.717) is 5.95 Å². The monoisotopic (exact) mass is 392 g/mol. The molecule has 0 bridgehead atoms. The van der Waals surface area contributed by atoms with Gasteiger partial charge in [0.2, 0.25) is 5.95 Å². The number of aromatic nitrogens is 2. The Bertz CT molecular complexity index is 1090. The lowest BCUT2D eigenvalue weighted by Crippen LogP contribution is -2.26. The lowest BCUT2D eigenvalue weighted by molar-refractivity contribution is 0.619. The molecule has 0 saturated heterocycles. The Balaban J connectivity index is 1.37. The van der Waals surface area contributed by atoms with Crippen LogP contribution in [0.5, 0.6) is 0 Å². The predicted molar refractivity (Wildman–Crippen MR) is 112 cm³/mol. The van der Waals surface area contributed by atoms with Gasteiger partial charge in [-0.1, -0.05) is 0 Å². The van der Waals surface area contributed by atoms with E-state index in [9.17, 15) is 4.39 Å². The largest absolute Gasteiger partial charge is 0.338 e. The van der Waals surface area contributed by atoms with Gasteiger partial charge in [0.15, 0.2) is 11.6 Å². The molecule has 29 heavy (non-hydrogen) atoms. The van der Waals surface area contributed by atoms with E-state index in [1.807, 2.05) is 60.5 Å². The van der Waals surface area contributed by atoms with Crippen molar-refractivity contribution in [3.05, 3.63) is 59.5 Å².